The minimum Gasteiger partial charge on any atom is -0.371 e. The van der Waals surface area contributed by atoms with Crippen LogP contribution < -0.4 is 10.2 Å². The number of hydrogen-bond acceptors (Lipinski definition) is 5. The molecule has 37 heavy (non-hydrogen) atoms. The monoisotopic (exact) mass is 491 g/mol. The Morgan fingerprint density at radius 2 is 1.95 bits per heavy atom. The number of fused-ring (bicyclic) bond motifs is 5. The van der Waals surface area contributed by atoms with E-state index in [0.717, 1.165) is 60.9 Å². The van der Waals surface area contributed by atoms with Gasteiger partial charge in [-0.2, -0.15) is 5.26 Å². The Bertz CT molecular complexity index is 1470. The first-order valence-electron chi connectivity index (χ1n) is 13.2. The molecular weight excluding hydrogens is 458 g/mol. The summed E-state index contributed by atoms with van der Waals surface area (Å²) in [4.78, 5) is 2.53. The van der Waals surface area contributed by atoms with Crippen molar-refractivity contribution in [3.8, 4) is 34.4 Å². The number of hydrogen-bond donors (Lipinski definition) is 1. The molecule has 1 saturated heterocycles. The molecule has 6 rings (SSSR count). The SMILES string of the molecule is CCC(C)(C)NC[C@@H]1CCN(c2ccc3c(c2)Cn2cc(-c4ccc(C#N)cc4)cc2-c2nncn2-3)C1. The lowest BCUT2D eigenvalue weighted by Gasteiger charge is -2.27. The van der Waals surface area contributed by atoms with Crippen LogP contribution in [0.25, 0.3) is 28.3 Å². The number of aromatic nitrogens is 4. The summed E-state index contributed by atoms with van der Waals surface area (Å²) in [7, 11) is 0. The van der Waals surface area contributed by atoms with E-state index in [9.17, 15) is 0 Å². The molecule has 4 aromatic rings. The van der Waals surface area contributed by atoms with E-state index in [1.165, 1.54) is 17.7 Å². The van der Waals surface area contributed by atoms with Gasteiger partial charge in [0.25, 0.3) is 0 Å². The van der Waals surface area contributed by atoms with Crippen LogP contribution in [0.15, 0.2) is 61.1 Å². The van der Waals surface area contributed by atoms with Crippen LogP contribution in [0.5, 0.6) is 0 Å². The second-order valence-corrected chi connectivity index (χ2v) is 11.0. The molecule has 2 aliphatic heterocycles. The molecule has 1 N–H and O–H groups in total. The van der Waals surface area contributed by atoms with Crippen molar-refractivity contribution in [2.24, 2.45) is 5.92 Å². The van der Waals surface area contributed by atoms with Crippen molar-refractivity contribution in [3.05, 3.63) is 72.2 Å². The zero-order valence-electron chi connectivity index (χ0n) is 21.8. The van der Waals surface area contributed by atoms with E-state index in [1.54, 1.807) is 0 Å². The van der Waals surface area contributed by atoms with Crippen molar-refractivity contribution in [1.82, 2.24) is 24.6 Å². The van der Waals surface area contributed by atoms with Crippen LogP contribution in [-0.4, -0.2) is 44.5 Å². The van der Waals surface area contributed by atoms with E-state index in [-0.39, 0.29) is 5.54 Å². The maximum atomic E-state index is 9.15. The summed E-state index contributed by atoms with van der Waals surface area (Å²) in [6.45, 7) is 10.8. The normalized spacial score (nSPS) is 16.6. The maximum absolute atomic E-state index is 9.15. The van der Waals surface area contributed by atoms with Gasteiger partial charge in [-0.1, -0.05) is 19.1 Å². The van der Waals surface area contributed by atoms with Crippen molar-refractivity contribution in [2.75, 3.05) is 24.5 Å². The molecule has 4 heterocycles. The third-order valence-corrected chi connectivity index (χ3v) is 8.09. The Morgan fingerprint density at radius 1 is 1.11 bits per heavy atom. The molecule has 0 spiro atoms. The Morgan fingerprint density at radius 3 is 2.73 bits per heavy atom. The van der Waals surface area contributed by atoms with E-state index in [2.05, 4.69) is 86.9 Å². The predicted octanol–water partition coefficient (Wildman–Crippen LogP) is 5.24. The van der Waals surface area contributed by atoms with Gasteiger partial charge in [0.15, 0.2) is 5.82 Å². The van der Waals surface area contributed by atoms with Gasteiger partial charge < -0.3 is 14.8 Å². The molecule has 0 aliphatic carbocycles. The second kappa shape index (κ2) is 9.20. The molecule has 2 aromatic carbocycles. The standard InChI is InChI=1S/C30H33N7/c1-4-30(2,3)32-16-22-11-12-35(17-22)26-9-10-27-25(13-26)19-36-18-24(23-7-5-21(15-31)6-8-23)14-28(36)29-34-33-20-37(27)29/h5-10,13-14,18,20,22,32H,4,11-12,16-17,19H2,1-3H3/t22-/m0/s1. The Balaban J connectivity index is 1.28. The summed E-state index contributed by atoms with van der Waals surface area (Å²) in [6.07, 6.45) is 6.35. The first-order chi connectivity index (χ1) is 17.9. The first-order valence-corrected chi connectivity index (χ1v) is 13.2. The van der Waals surface area contributed by atoms with Crippen LogP contribution in [0.1, 0.15) is 44.7 Å². The van der Waals surface area contributed by atoms with Gasteiger partial charge in [0.1, 0.15) is 6.33 Å². The lowest BCUT2D eigenvalue weighted by molar-refractivity contribution is 0.346. The highest BCUT2D eigenvalue weighted by molar-refractivity contribution is 5.72. The highest BCUT2D eigenvalue weighted by Crippen LogP contribution is 2.35. The van der Waals surface area contributed by atoms with Gasteiger partial charge in [0, 0.05) is 49.2 Å². The molecule has 7 nitrogen and oxygen atoms in total. The Hall–Kier alpha value is -3.89. The van der Waals surface area contributed by atoms with Crippen LogP contribution in [0.4, 0.5) is 5.69 Å². The number of nitriles is 1. The average molecular weight is 492 g/mol. The van der Waals surface area contributed by atoms with Crippen LogP contribution in [0, 0.1) is 17.2 Å². The Labute approximate surface area is 218 Å². The topological polar surface area (TPSA) is 74.7 Å². The summed E-state index contributed by atoms with van der Waals surface area (Å²) in [5, 5.41) is 21.6. The predicted molar refractivity (Wildman–Crippen MR) is 147 cm³/mol. The first kappa shape index (κ1) is 23.5. The minimum atomic E-state index is 0.194. The van der Waals surface area contributed by atoms with Crippen molar-refractivity contribution in [3.63, 3.8) is 0 Å². The van der Waals surface area contributed by atoms with Crippen molar-refractivity contribution in [1.29, 1.82) is 5.26 Å². The quantitative estimate of drug-likeness (QED) is 0.352. The van der Waals surface area contributed by atoms with Crippen molar-refractivity contribution >= 4 is 5.69 Å². The Kier molecular flexibility index (Phi) is 5.85. The summed E-state index contributed by atoms with van der Waals surface area (Å²) in [5.41, 5.74) is 7.77. The van der Waals surface area contributed by atoms with E-state index in [1.807, 2.05) is 30.6 Å². The summed E-state index contributed by atoms with van der Waals surface area (Å²) in [6, 6.07) is 18.9. The zero-order valence-corrected chi connectivity index (χ0v) is 21.8. The number of anilines is 1. The fourth-order valence-electron chi connectivity index (χ4n) is 5.40. The van der Waals surface area contributed by atoms with E-state index < -0.39 is 0 Å². The second-order valence-electron chi connectivity index (χ2n) is 11.0. The van der Waals surface area contributed by atoms with Gasteiger partial charge in [0.2, 0.25) is 0 Å². The molecular formula is C30H33N7. The summed E-state index contributed by atoms with van der Waals surface area (Å²) >= 11 is 0. The molecule has 0 saturated carbocycles. The molecule has 188 valence electrons. The molecule has 1 atom stereocenters. The third-order valence-electron chi connectivity index (χ3n) is 8.09. The molecule has 0 bridgehead atoms. The summed E-state index contributed by atoms with van der Waals surface area (Å²) < 4.78 is 4.37. The fraction of sp³-hybridized carbons (Fsp3) is 0.367. The van der Waals surface area contributed by atoms with Crippen molar-refractivity contribution < 1.29 is 0 Å². The fourth-order valence-corrected chi connectivity index (χ4v) is 5.40. The molecule has 2 aliphatic rings. The van der Waals surface area contributed by atoms with Gasteiger partial charge in [-0.3, -0.25) is 4.57 Å². The van der Waals surface area contributed by atoms with Gasteiger partial charge in [-0.25, -0.2) is 0 Å². The molecule has 0 unspecified atom stereocenters. The highest BCUT2D eigenvalue weighted by atomic mass is 15.3. The van der Waals surface area contributed by atoms with Gasteiger partial charge in [0.05, 0.1) is 23.0 Å². The average Bonchev–Trinajstić information content (AvgIpc) is 3.66. The number of nitrogens with one attached hydrogen (secondary N) is 1. The molecule has 1 fully saturated rings. The molecule has 7 heteroatoms. The largest absolute Gasteiger partial charge is 0.371 e. The van der Waals surface area contributed by atoms with Gasteiger partial charge >= 0.3 is 0 Å². The minimum absolute atomic E-state index is 0.194. The van der Waals surface area contributed by atoms with Gasteiger partial charge in [-0.15, -0.1) is 10.2 Å². The number of nitrogens with zero attached hydrogens (tertiary/aromatic N) is 6. The highest BCUT2D eigenvalue weighted by Gasteiger charge is 2.27. The lowest BCUT2D eigenvalue weighted by Crippen LogP contribution is -2.41. The smallest absolute Gasteiger partial charge is 0.185 e. The zero-order chi connectivity index (χ0) is 25.6. The summed E-state index contributed by atoms with van der Waals surface area (Å²) in [5.74, 6) is 1.51. The third kappa shape index (κ3) is 4.42. The lowest BCUT2D eigenvalue weighted by atomic mass is 10.00. The maximum Gasteiger partial charge on any atom is 0.185 e. The van der Waals surface area contributed by atoms with E-state index in [4.69, 9.17) is 5.26 Å². The molecule has 2 aromatic heterocycles. The number of benzene rings is 2. The van der Waals surface area contributed by atoms with Crippen molar-refractivity contribution in [2.45, 2.75) is 45.7 Å². The van der Waals surface area contributed by atoms with E-state index in [0.29, 0.717) is 11.5 Å². The van der Waals surface area contributed by atoms with Crippen LogP contribution in [0.3, 0.4) is 0 Å². The van der Waals surface area contributed by atoms with E-state index >= 15 is 0 Å². The van der Waals surface area contributed by atoms with Gasteiger partial charge in [-0.05, 0) is 80.1 Å². The van der Waals surface area contributed by atoms with Crippen LogP contribution in [-0.2, 0) is 6.54 Å². The molecule has 0 radical (unpaired) electrons. The van der Waals surface area contributed by atoms with Crippen LogP contribution >= 0.6 is 0 Å². The molecule has 0 amide bonds. The van der Waals surface area contributed by atoms with Crippen LogP contribution in [0.2, 0.25) is 0 Å². The number of rotatable bonds is 6.